The van der Waals surface area contributed by atoms with Gasteiger partial charge in [0.2, 0.25) is 5.91 Å². The SMILES string of the molecule is O=C([C@@H]1C[C@H]1c1ccccc1)N1CCOC(COc2ccc(-n3cncn3)cc2)C1. The minimum atomic E-state index is -0.119. The Morgan fingerprint density at radius 3 is 2.73 bits per heavy atom. The quantitative estimate of drug-likeness (QED) is 0.632. The van der Waals surface area contributed by atoms with Gasteiger partial charge in [0.05, 0.1) is 18.8 Å². The first-order valence-corrected chi connectivity index (χ1v) is 10.3. The van der Waals surface area contributed by atoms with Crippen LogP contribution in [-0.4, -0.2) is 58.0 Å². The fraction of sp³-hybridized carbons (Fsp3) is 0.348. The topological polar surface area (TPSA) is 69.5 Å². The van der Waals surface area contributed by atoms with E-state index in [2.05, 4.69) is 22.2 Å². The van der Waals surface area contributed by atoms with Crippen LogP contribution in [0.4, 0.5) is 0 Å². The van der Waals surface area contributed by atoms with Crippen molar-refractivity contribution in [2.75, 3.05) is 26.3 Å². The number of morpholine rings is 1. The van der Waals surface area contributed by atoms with Crippen LogP contribution >= 0.6 is 0 Å². The van der Waals surface area contributed by atoms with Crippen molar-refractivity contribution in [3.05, 3.63) is 72.8 Å². The Bertz CT molecular complexity index is 975. The number of carbonyl (C=O) groups is 1. The molecule has 1 aromatic heterocycles. The first-order chi connectivity index (χ1) is 14.8. The maximum Gasteiger partial charge on any atom is 0.226 e. The standard InChI is InChI=1S/C23H24N4O3/c28-23(22-12-21(22)17-4-2-1-3-5-17)26-10-11-29-20(13-26)14-30-19-8-6-18(7-9-19)27-16-24-15-25-27/h1-9,15-16,20-22H,10-14H2/t20?,21-,22+/m0/s1. The van der Waals surface area contributed by atoms with E-state index >= 15 is 0 Å². The Hall–Kier alpha value is -3.19. The molecule has 1 aliphatic carbocycles. The molecule has 2 aliphatic rings. The van der Waals surface area contributed by atoms with Crippen LogP contribution in [0.5, 0.6) is 5.75 Å². The monoisotopic (exact) mass is 404 g/mol. The van der Waals surface area contributed by atoms with Crippen molar-refractivity contribution in [2.24, 2.45) is 5.92 Å². The van der Waals surface area contributed by atoms with E-state index in [1.807, 2.05) is 47.4 Å². The normalized spacial score (nSPS) is 23.2. The molecule has 2 heterocycles. The molecule has 2 aromatic carbocycles. The predicted molar refractivity (Wildman–Crippen MR) is 110 cm³/mol. The third-order valence-corrected chi connectivity index (χ3v) is 5.74. The van der Waals surface area contributed by atoms with Crippen molar-refractivity contribution in [3.8, 4) is 11.4 Å². The van der Waals surface area contributed by atoms with Crippen LogP contribution in [0.2, 0.25) is 0 Å². The highest BCUT2D eigenvalue weighted by molar-refractivity contribution is 5.83. The highest BCUT2D eigenvalue weighted by Crippen LogP contribution is 2.48. The number of benzene rings is 2. The highest BCUT2D eigenvalue weighted by Gasteiger charge is 2.46. The summed E-state index contributed by atoms with van der Waals surface area (Å²) in [5.41, 5.74) is 2.18. The summed E-state index contributed by atoms with van der Waals surface area (Å²) in [7, 11) is 0. The van der Waals surface area contributed by atoms with E-state index < -0.39 is 0 Å². The van der Waals surface area contributed by atoms with Gasteiger partial charge in [0.1, 0.15) is 31.1 Å². The lowest BCUT2D eigenvalue weighted by Gasteiger charge is -2.33. The van der Waals surface area contributed by atoms with Crippen molar-refractivity contribution in [2.45, 2.75) is 18.4 Å². The molecule has 0 spiro atoms. The van der Waals surface area contributed by atoms with Crippen LogP contribution in [0.15, 0.2) is 67.3 Å². The number of hydrogen-bond donors (Lipinski definition) is 0. The van der Waals surface area contributed by atoms with Gasteiger partial charge in [0.25, 0.3) is 0 Å². The lowest BCUT2D eigenvalue weighted by atomic mass is 10.1. The van der Waals surface area contributed by atoms with Gasteiger partial charge in [0.15, 0.2) is 0 Å². The van der Waals surface area contributed by atoms with Crippen molar-refractivity contribution in [3.63, 3.8) is 0 Å². The molecular weight excluding hydrogens is 380 g/mol. The Morgan fingerprint density at radius 1 is 1.13 bits per heavy atom. The molecule has 7 nitrogen and oxygen atoms in total. The van der Waals surface area contributed by atoms with Crippen LogP contribution in [0.25, 0.3) is 5.69 Å². The summed E-state index contributed by atoms with van der Waals surface area (Å²) in [6.45, 7) is 2.20. The number of amides is 1. The second-order valence-electron chi connectivity index (χ2n) is 7.78. The second-order valence-corrected chi connectivity index (χ2v) is 7.78. The average molecular weight is 404 g/mol. The number of nitrogens with zero attached hydrogens (tertiary/aromatic N) is 4. The first-order valence-electron chi connectivity index (χ1n) is 10.3. The van der Waals surface area contributed by atoms with E-state index in [1.165, 1.54) is 11.9 Å². The average Bonchev–Trinajstić information content (AvgIpc) is 3.42. The van der Waals surface area contributed by atoms with E-state index in [-0.39, 0.29) is 17.9 Å². The van der Waals surface area contributed by atoms with Gasteiger partial charge in [-0.1, -0.05) is 30.3 Å². The van der Waals surface area contributed by atoms with Crippen LogP contribution in [-0.2, 0) is 9.53 Å². The maximum absolute atomic E-state index is 12.9. The van der Waals surface area contributed by atoms with Crippen LogP contribution < -0.4 is 4.74 Å². The smallest absolute Gasteiger partial charge is 0.226 e. The Labute approximate surface area is 175 Å². The van der Waals surface area contributed by atoms with E-state index in [9.17, 15) is 4.79 Å². The molecule has 1 saturated heterocycles. The van der Waals surface area contributed by atoms with Gasteiger partial charge in [0, 0.05) is 12.5 Å². The molecule has 5 rings (SSSR count). The fourth-order valence-electron chi connectivity index (χ4n) is 4.02. The summed E-state index contributed by atoms with van der Waals surface area (Å²) in [6, 6.07) is 18.0. The molecule has 3 aromatic rings. The highest BCUT2D eigenvalue weighted by atomic mass is 16.5. The molecule has 2 fully saturated rings. The first kappa shape index (κ1) is 18.8. The molecule has 7 heteroatoms. The van der Waals surface area contributed by atoms with Gasteiger partial charge in [-0.05, 0) is 42.2 Å². The van der Waals surface area contributed by atoms with Crippen molar-refractivity contribution in [1.82, 2.24) is 19.7 Å². The number of aromatic nitrogens is 3. The van der Waals surface area contributed by atoms with Crippen LogP contribution in [0, 0.1) is 5.92 Å². The lowest BCUT2D eigenvalue weighted by Crippen LogP contribution is -2.48. The molecular formula is C23H24N4O3. The largest absolute Gasteiger partial charge is 0.491 e. The summed E-state index contributed by atoms with van der Waals surface area (Å²) in [4.78, 5) is 18.8. The Morgan fingerprint density at radius 2 is 1.97 bits per heavy atom. The van der Waals surface area contributed by atoms with E-state index in [0.717, 1.165) is 17.9 Å². The summed E-state index contributed by atoms with van der Waals surface area (Å²) in [5, 5.41) is 4.11. The summed E-state index contributed by atoms with van der Waals surface area (Å²) >= 11 is 0. The lowest BCUT2D eigenvalue weighted by molar-refractivity contribution is -0.141. The molecule has 30 heavy (non-hydrogen) atoms. The van der Waals surface area contributed by atoms with Gasteiger partial charge in [-0.25, -0.2) is 9.67 Å². The third kappa shape index (κ3) is 4.07. The van der Waals surface area contributed by atoms with Gasteiger partial charge in [-0.2, -0.15) is 5.10 Å². The van der Waals surface area contributed by atoms with Crippen molar-refractivity contribution >= 4 is 5.91 Å². The molecule has 1 unspecified atom stereocenters. The zero-order chi connectivity index (χ0) is 20.3. The van der Waals surface area contributed by atoms with Gasteiger partial charge >= 0.3 is 0 Å². The summed E-state index contributed by atoms with van der Waals surface area (Å²) in [5.74, 6) is 1.47. The fourth-order valence-corrected chi connectivity index (χ4v) is 4.02. The molecule has 3 atom stereocenters. The van der Waals surface area contributed by atoms with Crippen molar-refractivity contribution < 1.29 is 14.3 Å². The zero-order valence-corrected chi connectivity index (χ0v) is 16.6. The van der Waals surface area contributed by atoms with E-state index in [4.69, 9.17) is 9.47 Å². The minimum absolute atomic E-state index is 0.108. The summed E-state index contributed by atoms with van der Waals surface area (Å²) < 4.78 is 13.4. The zero-order valence-electron chi connectivity index (χ0n) is 16.6. The summed E-state index contributed by atoms with van der Waals surface area (Å²) in [6.07, 6.45) is 3.98. The molecule has 154 valence electrons. The maximum atomic E-state index is 12.9. The minimum Gasteiger partial charge on any atom is -0.491 e. The predicted octanol–water partition coefficient (Wildman–Crippen LogP) is 2.68. The van der Waals surface area contributed by atoms with E-state index in [1.54, 1.807) is 11.0 Å². The number of carbonyl (C=O) groups excluding carboxylic acids is 1. The number of rotatable bonds is 6. The second kappa shape index (κ2) is 8.28. The van der Waals surface area contributed by atoms with Gasteiger partial charge in [-0.15, -0.1) is 0 Å². The van der Waals surface area contributed by atoms with Crippen LogP contribution in [0.3, 0.4) is 0 Å². The molecule has 0 radical (unpaired) electrons. The van der Waals surface area contributed by atoms with Crippen molar-refractivity contribution in [1.29, 1.82) is 0 Å². The van der Waals surface area contributed by atoms with Crippen LogP contribution in [0.1, 0.15) is 17.9 Å². The van der Waals surface area contributed by atoms with Gasteiger partial charge in [-0.3, -0.25) is 4.79 Å². The number of hydrogen-bond acceptors (Lipinski definition) is 5. The molecule has 1 amide bonds. The molecule has 1 saturated carbocycles. The Kier molecular flexibility index (Phi) is 5.19. The van der Waals surface area contributed by atoms with E-state index in [0.29, 0.717) is 32.2 Å². The Balaban J connectivity index is 1.13. The number of ether oxygens (including phenoxy) is 2. The third-order valence-electron chi connectivity index (χ3n) is 5.74. The molecule has 0 N–H and O–H groups in total. The molecule has 0 bridgehead atoms. The molecule has 1 aliphatic heterocycles. The van der Waals surface area contributed by atoms with Gasteiger partial charge < -0.3 is 14.4 Å².